The highest BCUT2D eigenvalue weighted by atomic mass is 16.6. The first-order valence-corrected chi connectivity index (χ1v) is 5.50. The largest absolute Gasteiger partial charge is 0.481 e. The van der Waals surface area contributed by atoms with Crippen LogP contribution in [0.4, 0.5) is 11.6 Å². The molecule has 2 aromatic heterocycles. The smallest absolute Gasteiger partial charge is 0.406 e. The van der Waals surface area contributed by atoms with Gasteiger partial charge in [-0.15, -0.1) is 0 Å². The van der Waals surface area contributed by atoms with Gasteiger partial charge in [0.15, 0.2) is 0 Å². The molecule has 2 rings (SSSR count). The van der Waals surface area contributed by atoms with Gasteiger partial charge in [-0.1, -0.05) is 6.07 Å². The molecule has 2 heterocycles. The number of ether oxygens (including phenoxy) is 1. The van der Waals surface area contributed by atoms with Gasteiger partial charge < -0.3 is 20.2 Å². The topological polar surface area (TPSA) is 95.1 Å². The fourth-order valence-electron chi connectivity index (χ4n) is 1.58. The average Bonchev–Trinajstić information content (AvgIpc) is 2.78. The highest BCUT2D eigenvalue weighted by Crippen LogP contribution is 2.21. The summed E-state index contributed by atoms with van der Waals surface area (Å²) in [6.45, 7) is 0.414. The number of aromatic nitrogens is 3. The van der Waals surface area contributed by atoms with Gasteiger partial charge in [0.2, 0.25) is 18.0 Å². The summed E-state index contributed by atoms with van der Waals surface area (Å²) in [4.78, 5) is 18.1. The van der Waals surface area contributed by atoms with Crippen LogP contribution < -0.4 is 10.1 Å². The van der Waals surface area contributed by atoms with E-state index in [1.165, 1.54) is 6.33 Å². The molecule has 19 heavy (non-hydrogen) atoms. The lowest BCUT2D eigenvalue weighted by Crippen LogP contribution is -2.06. The highest BCUT2D eigenvalue weighted by molar-refractivity contribution is 5.52. The molecule has 0 bridgehead atoms. The van der Waals surface area contributed by atoms with Crippen LogP contribution in [-0.2, 0) is 13.6 Å². The lowest BCUT2D eigenvalue weighted by atomic mass is 10.3. The average molecular weight is 263 g/mol. The minimum atomic E-state index is -0.519. The number of hydrogen-bond donors (Lipinski definition) is 1. The molecule has 8 heteroatoms. The van der Waals surface area contributed by atoms with E-state index < -0.39 is 4.92 Å². The van der Waals surface area contributed by atoms with Crippen molar-refractivity contribution in [1.29, 1.82) is 0 Å². The number of anilines is 1. The van der Waals surface area contributed by atoms with Gasteiger partial charge in [0.1, 0.15) is 0 Å². The molecule has 0 radical (unpaired) electrons. The molecular weight excluding hydrogens is 250 g/mol. The molecule has 1 N–H and O–H groups in total. The van der Waals surface area contributed by atoms with Gasteiger partial charge in [0.25, 0.3) is 0 Å². The van der Waals surface area contributed by atoms with Crippen molar-refractivity contribution in [3.63, 3.8) is 0 Å². The Hall–Kier alpha value is -2.64. The van der Waals surface area contributed by atoms with E-state index >= 15 is 0 Å². The lowest BCUT2D eigenvalue weighted by Gasteiger charge is -2.06. The maximum atomic E-state index is 10.8. The quantitative estimate of drug-likeness (QED) is 0.646. The maximum absolute atomic E-state index is 10.8. The molecule has 0 spiro atoms. The first-order chi connectivity index (χ1) is 9.11. The first-order valence-electron chi connectivity index (χ1n) is 5.50. The number of rotatable bonds is 5. The van der Waals surface area contributed by atoms with Gasteiger partial charge in [-0.25, -0.2) is 4.98 Å². The van der Waals surface area contributed by atoms with Crippen LogP contribution in [0.5, 0.6) is 5.88 Å². The minimum absolute atomic E-state index is 0.191. The fourth-order valence-corrected chi connectivity index (χ4v) is 1.58. The summed E-state index contributed by atoms with van der Waals surface area (Å²) < 4.78 is 6.52. The molecular formula is C11H13N5O3. The molecule has 0 fully saturated rings. The van der Waals surface area contributed by atoms with E-state index in [9.17, 15) is 10.1 Å². The zero-order valence-electron chi connectivity index (χ0n) is 10.5. The van der Waals surface area contributed by atoms with Gasteiger partial charge in [0.05, 0.1) is 7.11 Å². The number of hydrogen-bond acceptors (Lipinski definition) is 6. The van der Waals surface area contributed by atoms with Crippen molar-refractivity contribution in [3.05, 3.63) is 40.3 Å². The van der Waals surface area contributed by atoms with Gasteiger partial charge in [-0.05, 0) is 15.5 Å². The number of nitro groups is 1. The van der Waals surface area contributed by atoms with Crippen molar-refractivity contribution >= 4 is 11.6 Å². The summed E-state index contributed by atoms with van der Waals surface area (Å²) in [6, 6.07) is 3.57. The van der Waals surface area contributed by atoms with E-state index in [1.807, 2.05) is 6.07 Å². The van der Waals surface area contributed by atoms with E-state index in [-0.39, 0.29) is 5.82 Å². The van der Waals surface area contributed by atoms with Crippen molar-refractivity contribution in [1.82, 2.24) is 14.5 Å². The molecule has 0 aliphatic heterocycles. The van der Waals surface area contributed by atoms with E-state index in [1.54, 1.807) is 31.0 Å². The third kappa shape index (κ3) is 2.79. The van der Waals surface area contributed by atoms with Crippen molar-refractivity contribution < 1.29 is 9.66 Å². The molecule has 0 saturated heterocycles. The van der Waals surface area contributed by atoms with E-state index in [0.717, 1.165) is 5.56 Å². The van der Waals surface area contributed by atoms with Gasteiger partial charge in [-0.2, -0.15) is 0 Å². The standard InChI is InChI=1S/C11H13N5O3/c1-15-7-14-11(16(17)18)10(15)13-6-8-3-4-9(19-2)12-5-8/h3-5,7,13H,6H2,1-2H3. The molecule has 0 unspecified atom stereocenters. The summed E-state index contributed by atoms with van der Waals surface area (Å²) in [5.41, 5.74) is 0.885. The van der Waals surface area contributed by atoms with E-state index in [4.69, 9.17) is 4.74 Å². The molecule has 0 aliphatic carbocycles. The summed E-state index contributed by atoms with van der Waals surface area (Å²) >= 11 is 0. The van der Waals surface area contributed by atoms with Crippen LogP contribution in [-0.4, -0.2) is 26.6 Å². The molecule has 0 aromatic carbocycles. The van der Waals surface area contributed by atoms with E-state index in [0.29, 0.717) is 18.2 Å². The summed E-state index contributed by atoms with van der Waals surface area (Å²) in [6.07, 6.45) is 3.04. The van der Waals surface area contributed by atoms with Crippen LogP contribution in [0.2, 0.25) is 0 Å². The third-order valence-corrected chi connectivity index (χ3v) is 2.56. The van der Waals surface area contributed by atoms with Gasteiger partial charge in [-0.3, -0.25) is 4.57 Å². The second kappa shape index (κ2) is 5.34. The number of nitrogens with zero attached hydrogens (tertiary/aromatic N) is 4. The SMILES string of the molecule is COc1ccc(CNc2c([N+](=O)[O-])ncn2C)cn1. The fraction of sp³-hybridized carbons (Fsp3) is 0.273. The Morgan fingerprint density at radius 2 is 2.26 bits per heavy atom. The Morgan fingerprint density at radius 1 is 1.47 bits per heavy atom. The number of pyridine rings is 1. The predicted octanol–water partition coefficient (Wildman–Crippen LogP) is 1.34. The molecule has 8 nitrogen and oxygen atoms in total. The minimum Gasteiger partial charge on any atom is -0.481 e. The zero-order chi connectivity index (χ0) is 13.8. The summed E-state index contributed by atoms with van der Waals surface area (Å²) in [7, 11) is 3.23. The lowest BCUT2D eigenvalue weighted by molar-refractivity contribution is -0.388. The van der Waals surface area contributed by atoms with E-state index in [2.05, 4.69) is 15.3 Å². The Labute approximate surface area is 109 Å². The van der Waals surface area contributed by atoms with Gasteiger partial charge in [0, 0.05) is 25.9 Å². The zero-order valence-corrected chi connectivity index (χ0v) is 10.5. The Kier molecular flexibility index (Phi) is 3.60. The molecule has 0 amide bonds. The third-order valence-electron chi connectivity index (χ3n) is 2.56. The molecule has 100 valence electrons. The Balaban J connectivity index is 2.09. The first kappa shape index (κ1) is 12.8. The number of methoxy groups -OCH3 is 1. The normalized spacial score (nSPS) is 10.2. The Morgan fingerprint density at radius 3 is 2.84 bits per heavy atom. The Bertz CT molecular complexity index is 579. The molecule has 0 aliphatic rings. The van der Waals surface area contributed by atoms with Crippen LogP contribution in [0.1, 0.15) is 5.56 Å². The van der Waals surface area contributed by atoms with Crippen molar-refractivity contribution in [2.24, 2.45) is 7.05 Å². The van der Waals surface area contributed by atoms with Crippen molar-refractivity contribution in [2.75, 3.05) is 12.4 Å². The summed E-state index contributed by atoms with van der Waals surface area (Å²) in [5.74, 6) is 0.694. The molecule has 0 saturated carbocycles. The predicted molar refractivity (Wildman–Crippen MR) is 68.0 cm³/mol. The number of nitrogens with one attached hydrogen (secondary N) is 1. The number of imidazole rings is 1. The van der Waals surface area contributed by atoms with Crippen LogP contribution in [0.15, 0.2) is 24.7 Å². The second-order valence-corrected chi connectivity index (χ2v) is 3.85. The van der Waals surface area contributed by atoms with Crippen LogP contribution in [0.3, 0.4) is 0 Å². The van der Waals surface area contributed by atoms with Gasteiger partial charge >= 0.3 is 5.82 Å². The van der Waals surface area contributed by atoms with Crippen LogP contribution in [0, 0.1) is 10.1 Å². The monoisotopic (exact) mass is 263 g/mol. The summed E-state index contributed by atoms with van der Waals surface area (Å²) in [5, 5.41) is 13.8. The molecule has 2 aromatic rings. The highest BCUT2D eigenvalue weighted by Gasteiger charge is 2.19. The van der Waals surface area contributed by atoms with Crippen LogP contribution >= 0.6 is 0 Å². The second-order valence-electron chi connectivity index (χ2n) is 3.85. The molecule has 0 atom stereocenters. The van der Waals surface area contributed by atoms with Crippen molar-refractivity contribution in [3.8, 4) is 5.88 Å². The number of aryl methyl sites for hydroxylation is 1. The van der Waals surface area contributed by atoms with Crippen molar-refractivity contribution in [2.45, 2.75) is 6.54 Å². The maximum Gasteiger partial charge on any atom is 0.406 e. The van der Waals surface area contributed by atoms with Crippen LogP contribution in [0.25, 0.3) is 0 Å².